The Bertz CT molecular complexity index is 808. The maximum atomic E-state index is 12.7. The number of hydrogen-bond donors (Lipinski definition) is 1. The summed E-state index contributed by atoms with van der Waals surface area (Å²) in [5, 5.41) is 2.74. The van der Waals surface area contributed by atoms with Gasteiger partial charge in [0.05, 0.1) is 5.69 Å². The quantitative estimate of drug-likeness (QED) is 0.768. The molecule has 0 saturated heterocycles. The van der Waals surface area contributed by atoms with E-state index in [4.69, 9.17) is 4.74 Å². The molecule has 0 radical (unpaired) electrons. The summed E-state index contributed by atoms with van der Waals surface area (Å²) >= 11 is 0. The average molecular weight is 370 g/mol. The fraction of sp³-hybridized carbons (Fsp3) is 0.455. The van der Waals surface area contributed by atoms with Crippen LogP contribution in [0.4, 0.5) is 5.69 Å². The molecule has 0 saturated carbocycles. The van der Waals surface area contributed by atoms with Gasteiger partial charge in [-0.2, -0.15) is 0 Å². The van der Waals surface area contributed by atoms with Gasteiger partial charge >= 0.3 is 0 Å². The van der Waals surface area contributed by atoms with Crippen molar-refractivity contribution < 1.29 is 9.53 Å². The first-order valence-corrected chi connectivity index (χ1v) is 9.56. The van der Waals surface area contributed by atoms with Crippen LogP contribution in [0.2, 0.25) is 0 Å². The lowest BCUT2D eigenvalue weighted by Crippen LogP contribution is -2.29. The summed E-state index contributed by atoms with van der Waals surface area (Å²) in [6, 6.07) is 6.12. The van der Waals surface area contributed by atoms with Crippen LogP contribution in [0.3, 0.4) is 0 Å². The second-order valence-electron chi connectivity index (χ2n) is 6.95. The molecule has 0 atom stereocenters. The fourth-order valence-electron chi connectivity index (χ4n) is 3.43. The van der Waals surface area contributed by atoms with Crippen molar-refractivity contribution in [2.24, 2.45) is 0 Å². The third-order valence-electron chi connectivity index (χ3n) is 4.57. The van der Waals surface area contributed by atoms with Crippen LogP contribution in [0.1, 0.15) is 53.0 Å². The molecule has 0 aliphatic rings. The molecule has 1 N–H and O–H groups in total. The predicted molar refractivity (Wildman–Crippen MR) is 111 cm³/mol. The van der Waals surface area contributed by atoms with E-state index in [9.17, 15) is 4.79 Å². The number of amides is 1. The van der Waals surface area contributed by atoms with Crippen LogP contribution in [0.5, 0.6) is 11.6 Å². The van der Waals surface area contributed by atoms with Gasteiger partial charge in [0, 0.05) is 25.8 Å². The summed E-state index contributed by atoms with van der Waals surface area (Å²) < 4.78 is 6.24. The molecule has 2 rings (SSSR count). The van der Waals surface area contributed by atoms with E-state index in [1.165, 1.54) is 5.56 Å². The van der Waals surface area contributed by atoms with Crippen molar-refractivity contribution in [2.45, 2.75) is 48.0 Å². The van der Waals surface area contributed by atoms with E-state index in [1.54, 1.807) is 7.05 Å². The van der Waals surface area contributed by atoms with E-state index in [1.807, 2.05) is 26.8 Å². The Morgan fingerprint density at radius 1 is 1.11 bits per heavy atom. The standard InChI is InChI=1S/C22H31N3O2/c1-8-10-25(9-2)18-13-17(6)24-22(19(18)21(26)23-7)27-20-15(4)11-14(3)12-16(20)5/h11-13H,8-10H2,1-7H3,(H,23,26). The Morgan fingerprint density at radius 2 is 1.74 bits per heavy atom. The highest BCUT2D eigenvalue weighted by Crippen LogP contribution is 2.35. The van der Waals surface area contributed by atoms with Crippen molar-refractivity contribution in [1.29, 1.82) is 0 Å². The highest BCUT2D eigenvalue weighted by molar-refractivity contribution is 6.02. The molecule has 27 heavy (non-hydrogen) atoms. The number of carbonyl (C=O) groups excluding carboxylic acids is 1. The zero-order valence-corrected chi connectivity index (χ0v) is 17.6. The van der Waals surface area contributed by atoms with Gasteiger partial charge in [0.2, 0.25) is 5.88 Å². The van der Waals surface area contributed by atoms with Crippen LogP contribution in [0.25, 0.3) is 0 Å². The first kappa shape index (κ1) is 20.7. The predicted octanol–water partition coefficient (Wildman–Crippen LogP) is 4.70. The Kier molecular flexibility index (Phi) is 6.83. The number of nitrogens with one attached hydrogen (secondary N) is 1. The molecule has 1 aromatic heterocycles. The van der Waals surface area contributed by atoms with Crippen molar-refractivity contribution in [3.05, 3.63) is 46.1 Å². The van der Waals surface area contributed by atoms with Gasteiger partial charge in [-0.1, -0.05) is 24.6 Å². The second-order valence-corrected chi connectivity index (χ2v) is 6.95. The SMILES string of the molecule is CCCN(CC)c1cc(C)nc(Oc2c(C)cc(C)cc2C)c1C(=O)NC. The topological polar surface area (TPSA) is 54.5 Å². The van der Waals surface area contributed by atoms with Crippen molar-refractivity contribution in [2.75, 3.05) is 25.0 Å². The molecule has 2 aromatic rings. The number of ether oxygens (including phenoxy) is 1. The molecule has 5 nitrogen and oxygen atoms in total. The van der Waals surface area contributed by atoms with E-state index in [-0.39, 0.29) is 5.91 Å². The van der Waals surface area contributed by atoms with Crippen molar-refractivity contribution in [1.82, 2.24) is 10.3 Å². The monoisotopic (exact) mass is 369 g/mol. The Labute approximate surface area is 162 Å². The normalized spacial score (nSPS) is 10.6. The molecular formula is C22H31N3O2. The number of aryl methyl sites for hydroxylation is 4. The van der Waals surface area contributed by atoms with Crippen LogP contribution < -0.4 is 15.0 Å². The van der Waals surface area contributed by atoms with Gasteiger partial charge in [-0.25, -0.2) is 4.98 Å². The summed E-state index contributed by atoms with van der Waals surface area (Å²) in [5.41, 5.74) is 5.41. The van der Waals surface area contributed by atoms with Crippen molar-refractivity contribution in [3.8, 4) is 11.6 Å². The summed E-state index contributed by atoms with van der Waals surface area (Å²) in [6.07, 6.45) is 0.995. The lowest BCUT2D eigenvalue weighted by Gasteiger charge is -2.26. The van der Waals surface area contributed by atoms with Crippen LogP contribution in [-0.2, 0) is 0 Å². The molecule has 1 heterocycles. The third-order valence-corrected chi connectivity index (χ3v) is 4.57. The molecule has 146 valence electrons. The summed E-state index contributed by atoms with van der Waals surface area (Å²) in [6.45, 7) is 13.9. The number of anilines is 1. The number of pyridine rings is 1. The Hall–Kier alpha value is -2.56. The van der Waals surface area contributed by atoms with E-state index >= 15 is 0 Å². The lowest BCUT2D eigenvalue weighted by molar-refractivity contribution is 0.0960. The smallest absolute Gasteiger partial charge is 0.258 e. The zero-order chi connectivity index (χ0) is 20.1. The number of hydrogen-bond acceptors (Lipinski definition) is 4. The van der Waals surface area contributed by atoms with Gasteiger partial charge in [-0.15, -0.1) is 0 Å². The molecule has 1 aromatic carbocycles. The zero-order valence-electron chi connectivity index (χ0n) is 17.6. The molecule has 1 amide bonds. The maximum Gasteiger partial charge on any atom is 0.258 e. The minimum atomic E-state index is -0.190. The number of rotatable bonds is 7. The first-order valence-electron chi connectivity index (χ1n) is 9.56. The number of aromatic nitrogens is 1. The summed E-state index contributed by atoms with van der Waals surface area (Å²) in [7, 11) is 1.63. The van der Waals surface area contributed by atoms with Gasteiger partial charge in [0.25, 0.3) is 5.91 Å². The Morgan fingerprint density at radius 3 is 2.26 bits per heavy atom. The maximum absolute atomic E-state index is 12.7. The second kappa shape index (κ2) is 8.89. The largest absolute Gasteiger partial charge is 0.438 e. The molecular weight excluding hydrogens is 338 g/mol. The molecule has 0 aliphatic carbocycles. The van der Waals surface area contributed by atoms with E-state index in [0.29, 0.717) is 11.4 Å². The number of carbonyl (C=O) groups is 1. The highest BCUT2D eigenvalue weighted by atomic mass is 16.5. The molecule has 0 spiro atoms. The third kappa shape index (κ3) is 4.59. The van der Waals surface area contributed by atoms with Gasteiger partial charge in [0.1, 0.15) is 11.3 Å². The van der Waals surface area contributed by atoms with Gasteiger partial charge in [-0.05, 0) is 58.2 Å². The van der Waals surface area contributed by atoms with Crippen LogP contribution in [0, 0.1) is 27.7 Å². The minimum Gasteiger partial charge on any atom is -0.438 e. The van der Waals surface area contributed by atoms with Crippen LogP contribution in [-0.4, -0.2) is 31.0 Å². The van der Waals surface area contributed by atoms with Gasteiger partial charge in [-0.3, -0.25) is 4.79 Å². The number of nitrogens with zero attached hydrogens (tertiary/aromatic N) is 2. The lowest BCUT2D eigenvalue weighted by atomic mass is 10.1. The van der Waals surface area contributed by atoms with E-state index < -0.39 is 0 Å². The van der Waals surface area contributed by atoms with Gasteiger partial charge < -0.3 is 15.0 Å². The molecule has 0 aliphatic heterocycles. The first-order chi connectivity index (χ1) is 12.8. The van der Waals surface area contributed by atoms with Crippen molar-refractivity contribution in [3.63, 3.8) is 0 Å². The van der Waals surface area contributed by atoms with Crippen molar-refractivity contribution >= 4 is 11.6 Å². The van der Waals surface area contributed by atoms with Gasteiger partial charge in [0.15, 0.2) is 0 Å². The summed E-state index contributed by atoms with van der Waals surface area (Å²) in [4.78, 5) is 19.5. The summed E-state index contributed by atoms with van der Waals surface area (Å²) in [5.74, 6) is 0.923. The molecule has 0 fully saturated rings. The molecule has 0 unspecified atom stereocenters. The average Bonchev–Trinajstić information content (AvgIpc) is 2.61. The van der Waals surface area contributed by atoms with Crippen LogP contribution in [0.15, 0.2) is 18.2 Å². The van der Waals surface area contributed by atoms with E-state index in [0.717, 1.165) is 47.8 Å². The highest BCUT2D eigenvalue weighted by Gasteiger charge is 2.23. The minimum absolute atomic E-state index is 0.190. The number of benzene rings is 1. The molecule has 0 bridgehead atoms. The fourth-order valence-corrected chi connectivity index (χ4v) is 3.43. The van der Waals surface area contributed by atoms with Crippen LogP contribution >= 0.6 is 0 Å². The molecule has 5 heteroatoms. The van der Waals surface area contributed by atoms with E-state index in [2.05, 4.69) is 48.1 Å². The Balaban J connectivity index is 2.65.